The zero-order chi connectivity index (χ0) is 9.94. The number of hydrogen-bond acceptors (Lipinski definition) is 0. The van der Waals surface area contributed by atoms with Crippen molar-refractivity contribution in [1.29, 1.82) is 0 Å². The molecule has 0 aliphatic rings. The molecule has 12 heavy (non-hydrogen) atoms. The van der Waals surface area contributed by atoms with Gasteiger partial charge in [0.2, 0.25) is 0 Å². The average Bonchev–Trinajstić information content (AvgIpc) is 1.85. The highest BCUT2D eigenvalue weighted by molar-refractivity contribution is 5.31. The minimum atomic E-state index is -0.282. The monoisotopic (exact) mass is 168 g/mol. The fraction of sp³-hybridized carbons (Fsp3) is 0.455. The van der Waals surface area contributed by atoms with Crippen molar-refractivity contribution in [3.05, 3.63) is 36.2 Å². The predicted octanol–water partition coefficient (Wildman–Crippen LogP) is 4.02. The van der Waals surface area contributed by atoms with Crippen molar-refractivity contribution in [3.63, 3.8) is 0 Å². The smallest absolute Gasteiger partial charge is 0.125 e. The lowest BCUT2D eigenvalue weighted by Gasteiger charge is -2.18. The number of rotatable bonds is 2. The van der Waals surface area contributed by atoms with Gasteiger partial charge in [0, 0.05) is 0 Å². The van der Waals surface area contributed by atoms with E-state index in [0.29, 0.717) is 5.57 Å². The van der Waals surface area contributed by atoms with Crippen molar-refractivity contribution in [2.24, 2.45) is 5.41 Å². The van der Waals surface area contributed by atoms with Crippen LogP contribution in [0.1, 0.15) is 27.7 Å². The molecule has 0 atom stereocenters. The molecule has 0 nitrogen and oxygen atoms in total. The topological polar surface area (TPSA) is 0 Å². The zero-order valence-electron chi connectivity index (χ0n) is 8.37. The number of halogens is 1. The molecule has 0 rings (SSSR count). The largest absolute Gasteiger partial charge is 0.207 e. The minimum Gasteiger partial charge on any atom is -0.207 e. The second-order valence-electron chi connectivity index (χ2n) is 4.05. The van der Waals surface area contributed by atoms with Crippen LogP contribution in [0.5, 0.6) is 0 Å². The molecule has 0 aromatic carbocycles. The maximum Gasteiger partial charge on any atom is 0.125 e. The van der Waals surface area contributed by atoms with E-state index in [2.05, 4.69) is 13.2 Å². The van der Waals surface area contributed by atoms with E-state index in [0.717, 1.165) is 5.57 Å². The van der Waals surface area contributed by atoms with E-state index in [1.807, 2.05) is 20.8 Å². The van der Waals surface area contributed by atoms with Crippen molar-refractivity contribution >= 4 is 0 Å². The van der Waals surface area contributed by atoms with Gasteiger partial charge in [-0.25, -0.2) is 4.39 Å². The van der Waals surface area contributed by atoms with Gasteiger partial charge in [-0.05, 0) is 29.6 Å². The van der Waals surface area contributed by atoms with Crippen LogP contribution in [0, 0.1) is 5.41 Å². The van der Waals surface area contributed by atoms with Gasteiger partial charge >= 0.3 is 0 Å². The van der Waals surface area contributed by atoms with Gasteiger partial charge in [0.1, 0.15) is 5.83 Å². The normalized spacial score (nSPS) is 12.9. The van der Waals surface area contributed by atoms with Gasteiger partial charge in [-0.2, -0.15) is 0 Å². The molecule has 1 heteroatoms. The summed E-state index contributed by atoms with van der Waals surface area (Å²) in [5.74, 6) is -0.282. The van der Waals surface area contributed by atoms with Crippen molar-refractivity contribution in [1.82, 2.24) is 0 Å². The van der Waals surface area contributed by atoms with Gasteiger partial charge in [-0.1, -0.05) is 33.9 Å². The maximum absolute atomic E-state index is 13.0. The van der Waals surface area contributed by atoms with E-state index in [1.165, 1.54) is 6.08 Å². The second kappa shape index (κ2) is 3.70. The third kappa shape index (κ3) is 3.51. The van der Waals surface area contributed by atoms with Crippen LogP contribution < -0.4 is 0 Å². The molecule has 0 spiro atoms. The zero-order valence-corrected chi connectivity index (χ0v) is 8.37. The molecule has 0 heterocycles. The fourth-order valence-corrected chi connectivity index (χ4v) is 0.493. The molecule has 0 aliphatic heterocycles. The average molecular weight is 168 g/mol. The lowest BCUT2D eigenvalue weighted by molar-refractivity contribution is 0.514. The van der Waals surface area contributed by atoms with Crippen LogP contribution in [0.4, 0.5) is 4.39 Å². The van der Waals surface area contributed by atoms with Gasteiger partial charge in [-0.3, -0.25) is 0 Å². The second-order valence-corrected chi connectivity index (χ2v) is 4.05. The van der Waals surface area contributed by atoms with E-state index in [1.54, 1.807) is 6.92 Å². The van der Waals surface area contributed by atoms with Crippen LogP contribution in [-0.2, 0) is 0 Å². The Morgan fingerprint density at radius 1 is 1.25 bits per heavy atom. The lowest BCUT2D eigenvalue weighted by atomic mass is 9.87. The van der Waals surface area contributed by atoms with Gasteiger partial charge in [0.05, 0.1) is 0 Å². The third-order valence-corrected chi connectivity index (χ3v) is 1.67. The van der Waals surface area contributed by atoms with Crippen LogP contribution in [-0.4, -0.2) is 0 Å². The Hall–Kier alpha value is -0.850. The van der Waals surface area contributed by atoms with Crippen molar-refractivity contribution in [2.45, 2.75) is 27.7 Å². The first-order valence-corrected chi connectivity index (χ1v) is 3.97. The van der Waals surface area contributed by atoms with Crippen molar-refractivity contribution < 1.29 is 4.39 Å². The summed E-state index contributed by atoms with van der Waals surface area (Å²) in [6.07, 6.45) is 1.45. The maximum atomic E-state index is 13.0. The molecular weight excluding hydrogens is 151 g/mol. The van der Waals surface area contributed by atoms with Crippen molar-refractivity contribution in [3.8, 4) is 0 Å². The van der Waals surface area contributed by atoms with Crippen LogP contribution in [0.3, 0.4) is 0 Å². The molecular formula is C11H17F. The standard InChI is InChI=1S/C11H17F/c1-8(2)10(12)7-9(3)11(4,5)6/h7H,1,3H2,2,4-6H3/b10-7+. The summed E-state index contributed by atoms with van der Waals surface area (Å²) in [6, 6.07) is 0. The summed E-state index contributed by atoms with van der Waals surface area (Å²) in [7, 11) is 0. The van der Waals surface area contributed by atoms with E-state index in [4.69, 9.17) is 0 Å². The van der Waals surface area contributed by atoms with Crippen LogP contribution in [0.25, 0.3) is 0 Å². The summed E-state index contributed by atoms with van der Waals surface area (Å²) in [5, 5.41) is 0. The molecule has 0 aromatic rings. The summed E-state index contributed by atoms with van der Waals surface area (Å²) >= 11 is 0. The number of allylic oxidation sites excluding steroid dienone is 4. The Morgan fingerprint density at radius 2 is 1.67 bits per heavy atom. The van der Waals surface area contributed by atoms with Gasteiger partial charge in [0.25, 0.3) is 0 Å². The molecule has 0 saturated heterocycles. The summed E-state index contributed by atoms with van der Waals surface area (Å²) in [5.41, 5.74) is 1.15. The molecule has 0 amide bonds. The molecule has 0 radical (unpaired) electrons. The molecule has 68 valence electrons. The highest BCUT2D eigenvalue weighted by atomic mass is 19.1. The first-order valence-electron chi connectivity index (χ1n) is 3.97. The van der Waals surface area contributed by atoms with E-state index in [9.17, 15) is 4.39 Å². The number of hydrogen-bond donors (Lipinski definition) is 0. The van der Waals surface area contributed by atoms with Crippen LogP contribution in [0.15, 0.2) is 36.2 Å². The van der Waals surface area contributed by atoms with Crippen LogP contribution in [0.2, 0.25) is 0 Å². The molecule has 0 fully saturated rings. The summed E-state index contributed by atoms with van der Waals surface area (Å²) in [6.45, 7) is 14.9. The Balaban J connectivity index is 4.57. The first kappa shape index (κ1) is 11.2. The Kier molecular flexibility index (Phi) is 3.44. The lowest BCUT2D eigenvalue weighted by Crippen LogP contribution is -2.06. The fourth-order valence-electron chi connectivity index (χ4n) is 0.493. The summed E-state index contributed by atoms with van der Waals surface area (Å²) in [4.78, 5) is 0. The van der Waals surface area contributed by atoms with E-state index < -0.39 is 0 Å². The van der Waals surface area contributed by atoms with Gasteiger partial charge < -0.3 is 0 Å². The highest BCUT2D eigenvalue weighted by Gasteiger charge is 2.13. The van der Waals surface area contributed by atoms with Crippen LogP contribution >= 0.6 is 0 Å². The quantitative estimate of drug-likeness (QED) is 0.546. The molecule has 0 N–H and O–H groups in total. The van der Waals surface area contributed by atoms with E-state index >= 15 is 0 Å². The van der Waals surface area contributed by atoms with Gasteiger partial charge in [0.15, 0.2) is 0 Å². The van der Waals surface area contributed by atoms with Crippen molar-refractivity contribution in [2.75, 3.05) is 0 Å². The first-order chi connectivity index (χ1) is 5.25. The Morgan fingerprint density at radius 3 is 1.92 bits per heavy atom. The highest BCUT2D eigenvalue weighted by Crippen LogP contribution is 2.26. The molecule has 0 bridgehead atoms. The Labute approximate surface area is 74.5 Å². The molecule has 0 unspecified atom stereocenters. The Bertz CT molecular complexity index is 226. The minimum absolute atomic E-state index is 0.0766. The molecule has 0 aliphatic carbocycles. The molecule has 0 aromatic heterocycles. The SMILES string of the molecule is C=C(C)/C(F)=C\C(=C)C(C)(C)C. The van der Waals surface area contributed by atoms with Gasteiger partial charge in [-0.15, -0.1) is 0 Å². The molecule has 0 saturated carbocycles. The predicted molar refractivity (Wildman–Crippen MR) is 52.6 cm³/mol. The summed E-state index contributed by atoms with van der Waals surface area (Å²) < 4.78 is 13.0. The third-order valence-electron chi connectivity index (χ3n) is 1.67. The van der Waals surface area contributed by atoms with E-state index in [-0.39, 0.29) is 11.2 Å².